The molecule has 0 radical (unpaired) electrons. The highest BCUT2D eigenvalue weighted by Gasteiger charge is 2.56. The van der Waals surface area contributed by atoms with Crippen LogP contribution in [-0.4, -0.2) is 17.5 Å². The van der Waals surface area contributed by atoms with Gasteiger partial charge in [0.1, 0.15) is 5.78 Å². The number of hydrogen-bond donors (Lipinski definition) is 0. The van der Waals surface area contributed by atoms with Gasteiger partial charge in [0.15, 0.2) is 0 Å². The van der Waals surface area contributed by atoms with Crippen molar-refractivity contribution in [3.05, 3.63) is 0 Å². The zero-order valence-electron chi connectivity index (χ0n) is 12.2. The number of ketones is 1. The lowest BCUT2D eigenvalue weighted by Gasteiger charge is -2.23. The highest BCUT2D eigenvalue weighted by molar-refractivity contribution is 5.81. The molecule has 0 aromatic carbocycles. The van der Waals surface area contributed by atoms with E-state index in [0.717, 1.165) is 38.0 Å². The average Bonchev–Trinajstić information content (AvgIpc) is 3.04. The van der Waals surface area contributed by atoms with Gasteiger partial charge in [-0.1, -0.05) is 33.1 Å². The third-order valence-corrected chi connectivity index (χ3v) is 4.99. The van der Waals surface area contributed by atoms with Gasteiger partial charge in [0.25, 0.3) is 0 Å². The Bertz CT molecular complexity index is 299. The van der Waals surface area contributed by atoms with Crippen LogP contribution in [0.2, 0.25) is 0 Å². The monoisotopic (exact) mass is 252 g/mol. The van der Waals surface area contributed by atoms with Gasteiger partial charge >= 0.3 is 0 Å². The number of carbonyl (C=O) groups excluding carboxylic acids is 1. The van der Waals surface area contributed by atoms with Crippen molar-refractivity contribution >= 4 is 5.78 Å². The van der Waals surface area contributed by atoms with E-state index in [1.54, 1.807) is 0 Å². The minimum atomic E-state index is 0.0617. The zero-order chi connectivity index (χ0) is 13.2. The third-order valence-electron chi connectivity index (χ3n) is 4.99. The Kier molecular flexibility index (Phi) is 4.47. The summed E-state index contributed by atoms with van der Waals surface area (Å²) in [7, 11) is 0. The topological polar surface area (TPSA) is 29.6 Å². The quantitative estimate of drug-likeness (QED) is 0.638. The van der Waals surface area contributed by atoms with E-state index in [0.29, 0.717) is 11.9 Å². The molecule has 2 heteroatoms. The van der Waals surface area contributed by atoms with Gasteiger partial charge in [-0.15, -0.1) is 0 Å². The summed E-state index contributed by atoms with van der Waals surface area (Å²) in [5, 5.41) is 0. The number of fused-ring (bicyclic) bond motifs is 1. The summed E-state index contributed by atoms with van der Waals surface area (Å²) < 4.78 is 5.68. The molecule has 18 heavy (non-hydrogen) atoms. The summed E-state index contributed by atoms with van der Waals surface area (Å²) >= 11 is 0. The van der Waals surface area contributed by atoms with Crippen molar-refractivity contribution in [1.82, 2.24) is 0 Å². The molecule has 2 aliphatic rings. The molecule has 0 spiro atoms. The van der Waals surface area contributed by atoms with Gasteiger partial charge in [-0.2, -0.15) is 0 Å². The lowest BCUT2D eigenvalue weighted by Crippen LogP contribution is -2.28. The van der Waals surface area contributed by atoms with E-state index < -0.39 is 0 Å². The second kappa shape index (κ2) is 5.73. The van der Waals surface area contributed by atoms with Gasteiger partial charge < -0.3 is 4.74 Å². The van der Waals surface area contributed by atoms with Crippen LogP contribution in [0, 0.1) is 11.8 Å². The van der Waals surface area contributed by atoms with Crippen LogP contribution in [0.4, 0.5) is 0 Å². The molecule has 0 amide bonds. The van der Waals surface area contributed by atoms with Crippen molar-refractivity contribution in [3.63, 3.8) is 0 Å². The first-order chi connectivity index (χ1) is 8.59. The molecule has 0 N–H and O–H groups in total. The third kappa shape index (κ3) is 3.14. The Morgan fingerprint density at radius 1 is 1.33 bits per heavy atom. The second-order valence-corrected chi connectivity index (χ2v) is 6.47. The highest BCUT2D eigenvalue weighted by Crippen LogP contribution is 2.49. The lowest BCUT2D eigenvalue weighted by atomic mass is 9.78. The first kappa shape index (κ1) is 14.0. The van der Waals surface area contributed by atoms with Crippen LogP contribution < -0.4 is 0 Å². The van der Waals surface area contributed by atoms with Crippen LogP contribution in [0.15, 0.2) is 0 Å². The maximum Gasteiger partial charge on any atom is 0.136 e. The first-order valence-electron chi connectivity index (χ1n) is 7.79. The standard InChI is InChI=1S/C16H28O2/c1-4-6-12(5-2)7-9-14(17)13-8-10-15-16(3,11-13)18-15/h12-13,15H,4-11H2,1-3H3. The Hall–Kier alpha value is -0.370. The number of carbonyl (C=O) groups is 1. The molecular weight excluding hydrogens is 224 g/mol. The average molecular weight is 252 g/mol. The van der Waals surface area contributed by atoms with E-state index in [1.165, 1.54) is 19.3 Å². The molecule has 0 aromatic heterocycles. The largest absolute Gasteiger partial charge is 0.366 e. The molecule has 1 heterocycles. The van der Waals surface area contributed by atoms with Crippen molar-refractivity contribution in [1.29, 1.82) is 0 Å². The fourth-order valence-corrected chi connectivity index (χ4v) is 3.56. The molecule has 2 fully saturated rings. The molecule has 4 unspecified atom stereocenters. The molecule has 0 bridgehead atoms. The van der Waals surface area contributed by atoms with Crippen LogP contribution in [0.3, 0.4) is 0 Å². The number of epoxide rings is 1. The van der Waals surface area contributed by atoms with Crippen LogP contribution in [0.1, 0.15) is 72.1 Å². The molecule has 104 valence electrons. The van der Waals surface area contributed by atoms with E-state index >= 15 is 0 Å². The van der Waals surface area contributed by atoms with Gasteiger partial charge in [0, 0.05) is 12.3 Å². The summed E-state index contributed by atoms with van der Waals surface area (Å²) in [5.74, 6) is 1.54. The van der Waals surface area contributed by atoms with Crippen molar-refractivity contribution in [2.45, 2.75) is 83.8 Å². The first-order valence-corrected chi connectivity index (χ1v) is 7.79. The fourth-order valence-electron chi connectivity index (χ4n) is 3.56. The fraction of sp³-hybridized carbons (Fsp3) is 0.938. The SMILES string of the molecule is CCCC(CC)CCC(=O)C1CCC2OC2(C)C1. The summed E-state index contributed by atoms with van der Waals surface area (Å²) in [6, 6.07) is 0. The molecule has 1 saturated heterocycles. The van der Waals surface area contributed by atoms with Crippen molar-refractivity contribution in [2.24, 2.45) is 11.8 Å². The van der Waals surface area contributed by atoms with Crippen LogP contribution in [-0.2, 0) is 9.53 Å². The summed E-state index contributed by atoms with van der Waals surface area (Å²) in [6.07, 6.45) is 9.22. The van der Waals surface area contributed by atoms with Crippen LogP contribution in [0.25, 0.3) is 0 Å². The van der Waals surface area contributed by atoms with Gasteiger partial charge in [0.2, 0.25) is 0 Å². The Morgan fingerprint density at radius 3 is 2.72 bits per heavy atom. The minimum absolute atomic E-state index is 0.0617. The Morgan fingerprint density at radius 2 is 2.11 bits per heavy atom. The molecule has 1 aliphatic carbocycles. The summed E-state index contributed by atoms with van der Waals surface area (Å²) in [6.45, 7) is 6.65. The summed E-state index contributed by atoms with van der Waals surface area (Å²) in [5.41, 5.74) is 0.0617. The molecule has 2 rings (SSSR count). The van der Waals surface area contributed by atoms with Crippen molar-refractivity contribution in [3.8, 4) is 0 Å². The maximum atomic E-state index is 12.3. The molecular formula is C16H28O2. The van der Waals surface area contributed by atoms with Gasteiger partial charge in [-0.3, -0.25) is 4.79 Å². The van der Waals surface area contributed by atoms with Crippen LogP contribution >= 0.6 is 0 Å². The van der Waals surface area contributed by atoms with Gasteiger partial charge in [0.05, 0.1) is 11.7 Å². The zero-order valence-corrected chi connectivity index (χ0v) is 12.2. The minimum Gasteiger partial charge on any atom is -0.366 e. The van der Waals surface area contributed by atoms with E-state index in [9.17, 15) is 4.79 Å². The highest BCUT2D eigenvalue weighted by atomic mass is 16.6. The normalized spacial score (nSPS) is 35.9. The van der Waals surface area contributed by atoms with Crippen molar-refractivity contribution in [2.75, 3.05) is 0 Å². The Balaban J connectivity index is 1.74. The molecule has 0 aromatic rings. The predicted molar refractivity (Wildman–Crippen MR) is 73.5 cm³/mol. The van der Waals surface area contributed by atoms with Gasteiger partial charge in [-0.05, 0) is 38.5 Å². The van der Waals surface area contributed by atoms with E-state index in [4.69, 9.17) is 4.74 Å². The second-order valence-electron chi connectivity index (χ2n) is 6.47. The summed E-state index contributed by atoms with van der Waals surface area (Å²) in [4.78, 5) is 12.3. The number of ether oxygens (including phenoxy) is 1. The number of rotatable bonds is 7. The molecule has 1 saturated carbocycles. The maximum absolute atomic E-state index is 12.3. The van der Waals surface area contributed by atoms with E-state index in [-0.39, 0.29) is 11.5 Å². The van der Waals surface area contributed by atoms with E-state index in [1.807, 2.05) is 0 Å². The Labute approximate surface area is 111 Å². The smallest absolute Gasteiger partial charge is 0.136 e. The van der Waals surface area contributed by atoms with Crippen LogP contribution in [0.5, 0.6) is 0 Å². The number of hydrogen-bond acceptors (Lipinski definition) is 2. The van der Waals surface area contributed by atoms with Gasteiger partial charge in [-0.25, -0.2) is 0 Å². The molecule has 4 atom stereocenters. The molecule has 1 aliphatic heterocycles. The number of Topliss-reactive ketones (excluding diaryl/α,β-unsaturated/α-hetero) is 1. The predicted octanol–water partition coefficient (Wildman–Crippen LogP) is 4.12. The lowest BCUT2D eigenvalue weighted by molar-refractivity contribution is -0.124. The van der Waals surface area contributed by atoms with Crippen molar-refractivity contribution < 1.29 is 9.53 Å². The molecule has 2 nitrogen and oxygen atoms in total. The van der Waals surface area contributed by atoms with E-state index in [2.05, 4.69) is 20.8 Å².